The molecule has 2 N–H and O–H groups in total. The van der Waals surface area contributed by atoms with Gasteiger partial charge >= 0.3 is 5.97 Å². The van der Waals surface area contributed by atoms with Crippen LogP contribution < -0.4 is 0 Å². The molecule has 0 saturated carbocycles. The maximum absolute atomic E-state index is 11.4. The second-order valence-electron chi connectivity index (χ2n) is 5.83. The van der Waals surface area contributed by atoms with Gasteiger partial charge in [-0.15, -0.1) is 6.58 Å². The molecule has 0 fully saturated rings. The van der Waals surface area contributed by atoms with E-state index in [1.807, 2.05) is 6.08 Å². The molecule has 23 heavy (non-hydrogen) atoms. The molecule has 0 amide bonds. The third-order valence-corrected chi connectivity index (χ3v) is 3.65. The molecular weight excluding hydrogens is 292 g/mol. The zero-order valence-corrected chi connectivity index (χ0v) is 14.4. The number of aliphatic hydroxyl groups excluding tert-OH is 2. The molecule has 0 aliphatic carbocycles. The van der Waals surface area contributed by atoms with Crippen molar-refractivity contribution in [3.63, 3.8) is 0 Å². The van der Waals surface area contributed by atoms with Crippen LogP contribution in [0.5, 0.6) is 0 Å². The number of aliphatic hydroxyl groups is 2. The van der Waals surface area contributed by atoms with Crippen molar-refractivity contribution in [2.75, 3.05) is 13.2 Å². The van der Waals surface area contributed by atoms with Crippen molar-refractivity contribution in [2.45, 2.75) is 76.7 Å². The minimum Gasteiger partial charge on any atom is -0.457 e. The fourth-order valence-corrected chi connectivity index (χ4v) is 2.23. The number of esters is 1. The first-order valence-corrected chi connectivity index (χ1v) is 8.91. The van der Waals surface area contributed by atoms with Crippen LogP contribution in [-0.2, 0) is 9.53 Å². The fraction of sp³-hybridized carbons (Fsp3) is 0.737. The van der Waals surface area contributed by atoms with E-state index in [4.69, 9.17) is 14.9 Å². The Bertz CT molecular complexity index is 308. The first-order valence-electron chi connectivity index (χ1n) is 8.91. The summed E-state index contributed by atoms with van der Waals surface area (Å²) in [4.78, 5) is 11.4. The van der Waals surface area contributed by atoms with Crippen molar-refractivity contribution in [3.8, 4) is 0 Å². The number of carbonyl (C=O) groups is 1. The van der Waals surface area contributed by atoms with Crippen LogP contribution >= 0.6 is 0 Å². The average molecular weight is 326 g/mol. The van der Waals surface area contributed by atoms with E-state index in [0.29, 0.717) is 6.42 Å². The monoisotopic (exact) mass is 326 g/mol. The molecule has 0 aromatic rings. The summed E-state index contributed by atoms with van der Waals surface area (Å²) in [7, 11) is 0. The Hall–Kier alpha value is -1.13. The van der Waals surface area contributed by atoms with E-state index >= 15 is 0 Å². The molecule has 0 atom stereocenters. The van der Waals surface area contributed by atoms with Gasteiger partial charge in [0.05, 0.1) is 13.2 Å². The molecule has 0 aliphatic heterocycles. The summed E-state index contributed by atoms with van der Waals surface area (Å²) in [6, 6.07) is 0. The van der Waals surface area contributed by atoms with Crippen LogP contribution in [0.1, 0.15) is 70.6 Å². The summed E-state index contributed by atoms with van der Waals surface area (Å²) < 4.78 is 4.90. The Morgan fingerprint density at radius 1 is 0.870 bits per heavy atom. The number of allylic oxidation sites excluding steroid dienone is 3. The molecule has 0 radical (unpaired) electrons. The molecule has 0 saturated heterocycles. The van der Waals surface area contributed by atoms with Crippen molar-refractivity contribution in [3.05, 3.63) is 24.8 Å². The lowest BCUT2D eigenvalue weighted by atomic mass is 10.1. The molecule has 0 bridgehead atoms. The second kappa shape index (κ2) is 17.2. The maximum atomic E-state index is 11.4. The predicted octanol–water partition coefficient (Wildman–Crippen LogP) is 3.92. The summed E-state index contributed by atoms with van der Waals surface area (Å²) in [5.74, 6) is -0.336. The zero-order valence-electron chi connectivity index (χ0n) is 14.4. The third-order valence-electron chi connectivity index (χ3n) is 3.65. The Kier molecular flexibility index (Phi) is 16.4. The molecule has 0 heterocycles. The fourth-order valence-electron chi connectivity index (χ4n) is 2.23. The summed E-state index contributed by atoms with van der Waals surface area (Å²) in [6.45, 7) is 3.06. The lowest BCUT2D eigenvalue weighted by Gasteiger charge is -2.12. The molecule has 4 nitrogen and oxygen atoms in total. The van der Waals surface area contributed by atoms with Crippen molar-refractivity contribution in [2.24, 2.45) is 0 Å². The topological polar surface area (TPSA) is 66.8 Å². The van der Waals surface area contributed by atoms with Crippen LogP contribution in [0.4, 0.5) is 0 Å². The Morgan fingerprint density at radius 2 is 1.39 bits per heavy atom. The van der Waals surface area contributed by atoms with Crippen LogP contribution in [0.2, 0.25) is 0 Å². The number of ether oxygens (including phenoxy) is 1. The van der Waals surface area contributed by atoms with Crippen molar-refractivity contribution in [1.82, 2.24) is 0 Å². The third kappa shape index (κ3) is 15.5. The van der Waals surface area contributed by atoms with Gasteiger partial charge in [0, 0.05) is 6.42 Å². The van der Waals surface area contributed by atoms with Crippen LogP contribution in [0, 0.1) is 0 Å². The summed E-state index contributed by atoms with van der Waals surface area (Å²) in [5.41, 5.74) is 0. The van der Waals surface area contributed by atoms with E-state index in [1.165, 1.54) is 32.1 Å². The predicted molar refractivity (Wildman–Crippen MR) is 94.2 cm³/mol. The summed E-state index contributed by atoms with van der Waals surface area (Å²) in [5, 5.41) is 17.6. The van der Waals surface area contributed by atoms with E-state index in [1.54, 1.807) is 0 Å². The number of carbonyl (C=O) groups excluding carboxylic acids is 1. The van der Waals surface area contributed by atoms with Crippen LogP contribution in [-0.4, -0.2) is 35.5 Å². The van der Waals surface area contributed by atoms with E-state index < -0.39 is 6.10 Å². The van der Waals surface area contributed by atoms with Crippen LogP contribution in [0.3, 0.4) is 0 Å². The van der Waals surface area contributed by atoms with Crippen molar-refractivity contribution >= 4 is 5.97 Å². The van der Waals surface area contributed by atoms with Gasteiger partial charge in [-0.1, -0.05) is 37.5 Å². The first kappa shape index (κ1) is 21.9. The second-order valence-corrected chi connectivity index (χ2v) is 5.83. The number of hydrogen-bond acceptors (Lipinski definition) is 4. The molecule has 0 aliphatic rings. The zero-order chi connectivity index (χ0) is 17.2. The van der Waals surface area contributed by atoms with E-state index in [9.17, 15) is 4.79 Å². The normalized spacial score (nSPS) is 11.3. The number of rotatable bonds is 16. The molecule has 4 heteroatoms. The smallest absolute Gasteiger partial charge is 0.306 e. The largest absolute Gasteiger partial charge is 0.457 e. The van der Waals surface area contributed by atoms with Gasteiger partial charge in [-0.25, -0.2) is 0 Å². The highest BCUT2D eigenvalue weighted by atomic mass is 16.6. The Labute approximate surface area is 141 Å². The van der Waals surface area contributed by atoms with Gasteiger partial charge in [0.15, 0.2) is 0 Å². The van der Waals surface area contributed by atoms with Crippen molar-refractivity contribution in [1.29, 1.82) is 0 Å². The minimum atomic E-state index is -0.772. The number of hydrogen-bond donors (Lipinski definition) is 2. The average Bonchev–Trinajstić information content (AvgIpc) is 2.56. The first-order chi connectivity index (χ1) is 11.2. The standard InChI is InChI=1S/C19H34O4/c1-2-3-4-5-6-7-8-9-10-11-12-13-14-15-19(22)23-18(16-20)17-21/h2,7-8,18,20-21H,1,3-6,9-17H2/b8-7+. The van der Waals surface area contributed by atoms with E-state index in [2.05, 4.69) is 18.7 Å². The lowest BCUT2D eigenvalue weighted by molar-refractivity contribution is -0.153. The van der Waals surface area contributed by atoms with Gasteiger partial charge in [0.2, 0.25) is 0 Å². The Balaban J connectivity index is 3.31. The Morgan fingerprint density at radius 3 is 2.00 bits per heavy atom. The highest BCUT2D eigenvalue weighted by molar-refractivity contribution is 5.69. The van der Waals surface area contributed by atoms with Crippen LogP contribution in [0.25, 0.3) is 0 Å². The lowest BCUT2D eigenvalue weighted by Crippen LogP contribution is -2.25. The van der Waals surface area contributed by atoms with Gasteiger partial charge < -0.3 is 14.9 Å². The summed E-state index contributed by atoms with van der Waals surface area (Å²) >= 11 is 0. The molecule has 0 aromatic carbocycles. The molecule has 0 aromatic heterocycles. The van der Waals surface area contributed by atoms with E-state index in [-0.39, 0.29) is 19.2 Å². The van der Waals surface area contributed by atoms with Crippen LogP contribution in [0.15, 0.2) is 24.8 Å². The summed E-state index contributed by atoms with van der Waals surface area (Å²) in [6.07, 6.45) is 17.3. The molecule has 0 unspecified atom stereocenters. The minimum absolute atomic E-state index is 0.329. The van der Waals surface area contributed by atoms with E-state index in [0.717, 1.165) is 32.1 Å². The highest BCUT2D eigenvalue weighted by Crippen LogP contribution is 2.09. The number of unbranched alkanes of at least 4 members (excludes halogenated alkanes) is 8. The van der Waals surface area contributed by atoms with Gasteiger partial charge in [0.25, 0.3) is 0 Å². The molecule has 134 valence electrons. The SMILES string of the molecule is C=CCCCC/C=C/CCCCCCCC(=O)OC(CO)CO. The molecule has 0 rings (SSSR count). The van der Waals surface area contributed by atoms with Gasteiger partial charge in [-0.05, 0) is 44.9 Å². The highest BCUT2D eigenvalue weighted by Gasteiger charge is 2.11. The van der Waals surface area contributed by atoms with Crippen molar-refractivity contribution < 1.29 is 19.7 Å². The molecule has 0 spiro atoms. The van der Waals surface area contributed by atoms with Gasteiger partial charge in [-0.2, -0.15) is 0 Å². The van der Waals surface area contributed by atoms with Gasteiger partial charge in [-0.3, -0.25) is 4.79 Å². The quantitative estimate of drug-likeness (QED) is 0.256. The van der Waals surface area contributed by atoms with Gasteiger partial charge in [0.1, 0.15) is 6.10 Å². The maximum Gasteiger partial charge on any atom is 0.306 e. The molecular formula is C19H34O4.